The van der Waals surface area contributed by atoms with Gasteiger partial charge in [0.1, 0.15) is 0 Å². The average Bonchev–Trinajstić information content (AvgIpc) is 3.18. The van der Waals surface area contributed by atoms with Gasteiger partial charge in [0.15, 0.2) is 5.82 Å². The molecule has 0 bridgehead atoms. The van der Waals surface area contributed by atoms with Crippen molar-refractivity contribution in [2.24, 2.45) is 0 Å². The SMILES string of the molecule is O=c1c2ccccc2n2c(-c3ccccc3)nnc2n1Cc1ccccc1. The van der Waals surface area contributed by atoms with Crippen molar-refractivity contribution in [1.29, 1.82) is 0 Å². The van der Waals surface area contributed by atoms with Gasteiger partial charge in [-0.15, -0.1) is 10.2 Å². The minimum absolute atomic E-state index is 0.0611. The molecule has 0 aliphatic rings. The van der Waals surface area contributed by atoms with Crippen LogP contribution in [0.4, 0.5) is 0 Å². The van der Waals surface area contributed by atoms with Gasteiger partial charge in [-0.25, -0.2) is 0 Å². The molecule has 0 atom stereocenters. The first-order valence-electron chi connectivity index (χ1n) is 8.79. The fraction of sp³-hybridized carbons (Fsp3) is 0.0455. The fourth-order valence-corrected chi connectivity index (χ4v) is 3.44. The molecule has 5 rings (SSSR count). The molecule has 0 N–H and O–H groups in total. The normalized spacial score (nSPS) is 11.3. The van der Waals surface area contributed by atoms with E-state index in [4.69, 9.17) is 0 Å². The number of hydrogen-bond acceptors (Lipinski definition) is 3. The van der Waals surface area contributed by atoms with E-state index in [2.05, 4.69) is 10.2 Å². The lowest BCUT2D eigenvalue weighted by atomic mass is 10.2. The first-order valence-corrected chi connectivity index (χ1v) is 8.79. The van der Waals surface area contributed by atoms with Crippen LogP contribution in [0.2, 0.25) is 0 Å². The molecule has 0 fully saturated rings. The van der Waals surface area contributed by atoms with Crippen LogP contribution in [-0.4, -0.2) is 19.2 Å². The molecule has 5 nitrogen and oxygen atoms in total. The molecule has 0 saturated heterocycles. The second-order valence-electron chi connectivity index (χ2n) is 6.42. The maximum Gasteiger partial charge on any atom is 0.263 e. The Morgan fingerprint density at radius 1 is 0.741 bits per heavy atom. The van der Waals surface area contributed by atoms with Gasteiger partial charge >= 0.3 is 0 Å². The minimum Gasteiger partial charge on any atom is -0.272 e. The van der Waals surface area contributed by atoms with Crippen molar-refractivity contribution in [2.75, 3.05) is 0 Å². The number of fused-ring (bicyclic) bond motifs is 3. The summed E-state index contributed by atoms with van der Waals surface area (Å²) >= 11 is 0. The van der Waals surface area contributed by atoms with Gasteiger partial charge in [0, 0.05) is 5.56 Å². The van der Waals surface area contributed by atoms with Gasteiger partial charge in [0.2, 0.25) is 5.78 Å². The van der Waals surface area contributed by atoms with E-state index >= 15 is 0 Å². The first-order chi connectivity index (χ1) is 13.3. The van der Waals surface area contributed by atoms with Gasteiger partial charge in [0.25, 0.3) is 5.56 Å². The zero-order valence-electron chi connectivity index (χ0n) is 14.5. The molecule has 0 unspecified atom stereocenters. The summed E-state index contributed by atoms with van der Waals surface area (Å²) in [7, 11) is 0. The number of aromatic nitrogens is 4. The third-order valence-corrected chi connectivity index (χ3v) is 4.72. The highest BCUT2D eigenvalue weighted by atomic mass is 16.1. The van der Waals surface area contributed by atoms with Crippen LogP contribution in [0.25, 0.3) is 28.1 Å². The van der Waals surface area contributed by atoms with E-state index in [0.29, 0.717) is 17.7 Å². The van der Waals surface area contributed by atoms with Gasteiger partial charge in [-0.1, -0.05) is 72.8 Å². The predicted molar refractivity (Wildman–Crippen MR) is 106 cm³/mol. The van der Waals surface area contributed by atoms with Crippen LogP contribution in [0.5, 0.6) is 0 Å². The maximum absolute atomic E-state index is 13.2. The van der Waals surface area contributed by atoms with Crippen LogP contribution < -0.4 is 5.56 Å². The van der Waals surface area contributed by atoms with Crippen LogP contribution >= 0.6 is 0 Å². The number of hydrogen-bond donors (Lipinski definition) is 0. The Morgan fingerprint density at radius 3 is 2.19 bits per heavy atom. The van der Waals surface area contributed by atoms with E-state index in [1.807, 2.05) is 89.3 Å². The predicted octanol–water partition coefficient (Wildman–Crippen LogP) is 3.76. The number of para-hydroxylation sites is 1. The van der Waals surface area contributed by atoms with Crippen LogP contribution in [0, 0.1) is 0 Å². The largest absolute Gasteiger partial charge is 0.272 e. The smallest absolute Gasteiger partial charge is 0.263 e. The summed E-state index contributed by atoms with van der Waals surface area (Å²) in [5, 5.41) is 9.44. The molecule has 0 radical (unpaired) electrons. The Hall–Kier alpha value is -3.73. The molecule has 130 valence electrons. The average molecular weight is 352 g/mol. The van der Waals surface area contributed by atoms with Crippen molar-refractivity contribution in [2.45, 2.75) is 6.54 Å². The zero-order valence-corrected chi connectivity index (χ0v) is 14.5. The lowest BCUT2D eigenvalue weighted by Gasteiger charge is -2.11. The molecule has 5 aromatic rings. The Kier molecular flexibility index (Phi) is 3.57. The molecule has 5 heteroatoms. The molecule has 0 amide bonds. The van der Waals surface area contributed by atoms with E-state index in [1.165, 1.54) is 0 Å². The molecule has 2 aromatic heterocycles. The lowest BCUT2D eigenvalue weighted by molar-refractivity contribution is 0.767. The molecular formula is C22H16N4O. The Labute approximate surface area is 155 Å². The topological polar surface area (TPSA) is 52.2 Å². The van der Waals surface area contributed by atoms with Crippen molar-refractivity contribution in [3.63, 3.8) is 0 Å². The Balaban J connectivity index is 1.86. The van der Waals surface area contributed by atoms with Crippen LogP contribution in [-0.2, 0) is 6.54 Å². The summed E-state index contributed by atoms with van der Waals surface area (Å²) in [6, 6.07) is 27.4. The molecule has 3 aromatic carbocycles. The van der Waals surface area contributed by atoms with Crippen molar-refractivity contribution < 1.29 is 0 Å². The van der Waals surface area contributed by atoms with E-state index in [-0.39, 0.29) is 5.56 Å². The minimum atomic E-state index is -0.0611. The van der Waals surface area contributed by atoms with Gasteiger partial charge in [-0.05, 0) is 17.7 Å². The quantitative estimate of drug-likeness (QED) is 0.497. The molecule has 0 aliphatic carbocycles. The van der Waals surface area contributed by atoms with Crippen molar-refractivity contribution in [3.8, 4) is 11.4 Å². The van der Waals surface area contributed by atoms with Gasteiger partial charge in [-0.3, -0.25) is 13.8 Å². The van der Waals surface area contributed by atoms with E-state index in [1.54, 1.807) is 4.57 Å². The highest BCUT2D eigenvalue weighted by Crippen LogP contribution is 2.22. The third kappa shape index (κ3) is 2.52. The van der Waals surface area contributed by atoms with Gasteiger partial charge < -0.3 is 0 Å². The van der Waals surface area contributed by atoms with Crippen LogP contribution in [0.3, 0.4) is 0 Å². The zero-order chi connectivity index (χ0) is 18.2. The van der Waals surface area contributed by atoms with Gasteiger partial charge in [-0.2, -0.15) is 0 Å². The molecule has 0 saturated carbocycles. The first kappa shape index (κ1) is 15.5. The molecule has 27 heavy (non-hydrogen) atoms. The second kappa shape index (κ2) is 6.21. The number of nitrogens with zero attached hydrogens (tertiary/aromatic N) is 4. The van der Waals surface area contributed by atoms with Gasteiger partial charge in [0.05, 0.1) is 17.4 Å². The third-order valence-electron chi connectivity index (χ3n) is 4.72. The summed E-state index contributed by atoms with van der Waals surface area (Å²) in [6.45, 7) is 0.445. The standard InChI is InChI=1S/C22H16N4O/c27-21-18-13-7-8-14-19(18)26-20(17-11-5-2-6-12-17)23-24-22(26)25(21)15-16-9-3-1-4-10-16/h1-14H,15H2. The molecule has 0 spiro atoms. The van der Waals surface area contributed by atoms with Crippen LogP contribution in [0.1, 0.15) is 5.56 Å². The van der Waals surface area contributed by atoms with E-state index in [9.17, 15) is 4.79 Å². The summed E-state index contributed by atoms with van der Waals surface area (Å²) in [6.07, 6.45) is 0. The maximum atomic E-state index is 13.2. The van der Waals surface area contributed by atoms with Crippen molar-refractivity contribution in [1.82, 2.24) is 19.2 Å². The van der Waals surface area contributed by atoms with Crippen molar-refractivity contribution in [3.05, 3.63) is 101 Å². The summed E-state index contributed by atoms with van der Waals surface area (Å²) in [5.41, 5.74) is 2.75. The molecule has 0 aliphatic heterocycles. The highest BCUT2D eigenvalue weighted by molar-refractivity contribution is 5.82. The lowest BCUT2D eigenvalue weighted by Crippen LogP contribution is -2.24. The molecule has 2 heterocycles. The van der Waals surface area contributed by atoms with Crippen molar-refractivity contribution >= 4 is 16.7 Å². The monoisotopic (exact) mass is 352 g/mol. The summed E-state index contributed by atoms with van der Waals surface area (Å²) in [5.74, 6) is 1.27. The fourth-order valence-electron chi connectivity index (χ4n) is 3.44. The summed E-state index contributed by atoms with van der Waals surface area (Å²) in [4.78, 5) is 13.2. The number of benzene rings is 3. The Morgan fingerprint density at radius 2 is 1.41 bits per heavy atom. The number of rotatable bonds is 3. The van der Waals surface area contributed by atoms with E-state index in [0.717, 1.165) is 22.5 Å². The Bertz CT molecular complexity index is 1300. The van der Waals surface area contributed by atoms with Crippen LogP contribution in [0.15, 0.2) is 89.7 Å². The van der Waals surface area contributed by atoms with E-state index < -0.39 is 0 Å². The molecular weight excluding hydrogens is 336 g/mol. The summed E-state index contributed by atoms with van der Waals surface area (Å²) < 4.78 is 3.66. The second-order valence-corrected chi connectivity index (χ2v) is 6.42. The highest BCUT2D eigenvalue weighted by Gasteiger charge is 2.17.